The molecule has 0 fully saturated rings. The Bertz CT molecular complexity index is 867. The standard InChI is InChI=1S/C19H15FO2S/c1-12-11-16(13-7-5-6-10-17(13)20)18(23-12)14-8-3-4-9-15(14)19(21)22-2/h3-11H,1-2H3. The number of hydrogen-bond donors (Lipinski definition) is 0. The van der Waals surface area contributed by atoms with E-state index in [1.165, 1.54) is 24.5 Å². The van der Waals surface area contributed by atoms with Crippen LogP contribution in [0.5, 0.6) is 0 Å². The Morgan fingerprint density at radius 1 is 1.00 bits per heavy atom. The number of carbonyl (C=O) groups is 1. The third-order valence-electron chi connectivity index (χ3n) is 3.60. The second-order valence-electron chi connectivity index (χ2n) is 5.12. The Morgan fingerprint density at radius 2 is 1.65 bits per heavy atom. The highest BCUT2D eigenvalue weighted by Gasteiger charge is 2.19. The van der Waals surface area contributed by atoms with Gasteiger partial charge in [-0.3, -0.25) is 0 Å². The van der Waals surface area contributed by atoms with Crippen LogP contribution in [-0.4, -0.2) is 13.1 Å². The Kier molecular flexibility index (Phi) is 4.26. The first kappa shape index (κ1) is 15.4. The van der Waals surface area contributed by atoms with Crippen LogP contribution in [0.25, 0.3) is 21.6 Å². The molecular weight excluding hydrogens is 311 g/mol. The molecule has 0 aliphatic heterocycles. The molecular formula is C19H15FO2S. The Balaban J connectivity index is 2.24. The van der Waals surface area contributed by atoms with Crippen molar-refractivity contribution in [1.29, 1.82) is 0 Å². The average Bonchev–Trinajstić information content (AvgIpc) is 2.96. The van der Waals surface area contributed by atoms with Crippen molar-refractivity contribution < 1.29 is 13.9 Å². The molecule has 0 saturated heterocycles. The average molecular weight is 326 g/mol. The smallest absolute Gasteiger partial charge is 0.338 e. The maximum absolute atomic E-state index is 14.2. The van der Waals surface area contributed by atoms with E-state index in [0.29, 0.717) is 11.1 Å². The molecule has 2 nitrogen and oxygen atoms in total. The summed E-state index contributed by atoms with van der Waals surface area (Å²) >= 11 is 1.54. The summed E-state index contributed by atoms with van der Waals surface area (Å²) < 4.78 is 19.1. The zero-order valence-electron chi connectivity index (χ0n) is 12.8. The Hall–Kier alpha value is -2.46. The van der Waals surface area contributed by atoms with Crippen molar-refractivity contribution in [2.75, 3.05) is 7.11 Å². The maximum Gasteiger partial charge on any atom is 0.338 e. The van der Waals surface area contributed by atoms with Gasteiger partial charge in [0.25, 0.3) is 0 Å². The largest absolute Gasteiger partial charge is 0.465 e. The number of halogens is 1. The number of carbonyl (C=O) groups excluding carboxylic acids is 1. The number of thiophene rings is 1. The van der Waals surface area contributed by atoms with Crippen LogP contribution in [0.3, 0.4) is 0 Å². The minimum absolute atomic E-state index is 0.276. The first-order chi connectivity index (χ1) is 11.1. The van der Waals surface area contributed by atoms with Gasteiger partial charge in [-0.05, 0) is 25.1 Å². The third kappa shape index (κ3) is 2.90. The fraction of sp³-hybridized carbons (Fsp3) is 0.105. The van der Waals surface area contributed by atoms with Crippen LogP contribution in [0.15, 0.2) is 54.6 Å². The van der Waals surface area contributed by atoms with Crippen LogP contribution in [0.2, 0.25) is 0 Å². The lowest BCUT2D eigenvalue weighted by Crippen LogP contribution is -2.03. The molecule has 23 heavy (non-hydrogen) atoms. The second-order valence-corrected chi connectivity index (χ2v) is 6.37. The Labute approximate surface area is 138 Å². The van der Waals surface area contributed by atoms with Gasteiger partial charge in [-0.25, -0.2) is 9.18 Å². The minimum Gasteiger partial charge on any atom is -0.465 e. The molecule has 0 saturated carbocycles. The van der Waals surface area contributed by atoms with E-state index in [1.54, 1.807) is 30.3 Å². The lowest BCUT2D eigenvalue weighted by Gasteiger charge is -2.09. The molecule has 0 aliphatic rings. The van der Waals surface area contributed by atoms with E-state index >= 15 is 0 Å². The monoisotopic (exact) mass is 326 g/mol. The van der Waals surface area contributed by atoms with Gasteiger partial charge in [-0.15, -0.1) is 11.3 Å². The maximum atomic E-state index is 14.2. The topological polar surface area (TPSA) is 26.3 Å². The summed E-state index contributed by atoms with van der Waals surface area (Å²) in [7, 11) is 1.36. The van der Waals surface area contributed by atoms with Crippen LogP contribution in [-0.2, 0) is 4.74 Å². The van der Waals surface area contributed by atoms with Gasteiger partial charge in [-0.1, -0.05) is 36.4 Å². The van der Waals surface area contributed by atoms with E-state index in [1.807, 2.05) is 25.1 Å². The van der Waals surface area contributed by atoms with Gasteiger partial charge in [0.1, 0.15) is 5.82 Å². The number of esters is 1. The minimum atomic E-state index is -0.397. The first-order valence-electron chi connectivity index (χ1n) is 7.15. The number of ether oxygens (including phenoxy) is 1. The van der Waals surface area contributed by atoms with Crippen molar-refractivity contribution >= 4 is 17.3 Å². The first-order valence-corrected chi connectivity index (χ1v) is 7.96. The van der Waals surface area contributed by atoms with E-state index < -0.39 is 5.97 Å². The van der Waals surface area contributed by atoms with Gasteiger partial charge >= 0.3 is 5.97 Å². The lowest BCUT2D eigenvalue weighted by atomic mass is 9.98. The van der Waals surface area contributed by atoms with E-state index in [-0.39, 0.29) is 5.82 Å². The summed E-state index contributed by atoms with van der Waals surface area (Å²) in [5.41, 5.74) is 2.57. The van der Waals surface area contributed by atoms with Crippen molar-refractivity contribution in [2.24, 2.45) is 0 Å². The molecule has 4 heteroatoms. The predicted octanol–water partition coefficient (Wildman–Crippen LogP) is 5.32. The molecule has 2 aromatic carbocycles. The molecule has 1 heterocycles. The number of benzene rings is 2. The fourth-order valence-corrected chi connectivity index (χ4v) is 3.63. The molecule has 116 valence electrons. The van der Waals surface area contributed by atoms with Crippen LogP contribution >= 0.6 is 11.3 Å². The number of hydrogen-bond acceptors (Lipinski definition) is 3. The lowest BCUT2D eigenvalue weighted by molar-refractivity contribution is 0.0601. The summed E-state index contributed by atoms with van der Waals surface area (Å²) in [5.74, 6) is -0.673. The molecule has 0 bridgehead atoms. The molecule has 1 aromatic heterocycles. The van der Waals surface area contributed by atoms with Crippen LogP contribution in [0.4, 0.5) is 4.39 Å². The highest BCUT2D eigenvalue weighted by Crippen LogP contribution is 2.41. The predicted molar refractivity (Wildman–Crippen MR) is 91.2 cm³/mol. The van der Waals surface area contributed by atoms with Crippen LogP contribution < -0.4 is 0 Å². The van der Waals surface area contributed by atoms with Crippen LogP contribution in [0.1, 0.15) is 15.2 Å². The quantitative estimate of drug-likeness (QED) is 0.609. The van der Waals surface area contributed by atoms with E-state index in [0.717, 1.165) is 20.9 Å². The molecule has 0 N–H and O–H groups in total. The molecule has 0 spiro atoms. The molecule has 0 aliphatic carbocycles. The Morgan fingerprint density at radius 3 is 2.35 bits per heavy atom. The van der Waals surface area contributed by atoms with Crippen molar-refractivity contribution in [3.63, 3.8) is 0 Å². The highest BCUT2D eigenvalue weighted by molar-refractivity contribution is 7.16. The van der Waals surface area contributed by atoms with E-state index in [2.05, 4.69) is 0 Å². The molecule has 3 aromatic rings. The summed E-state index contributed by atoms with van der Waals surface area (Å²) in [6.45, 7) is 1.97. The molecule has 0 amide bonds. The van der Waals surface area contributed by atoms with Crippen LogP contribution in [0, 0.1) is 12.7 Å². The summed E-state index contributed by atoms with van der Waals surface area (Å²) in [5, 5.41) is 0. The third-order valence-corrected chi connectivity index (χ3v) is 4.68. The zero-order chi connectivity index (χ0) is 16.4. The van der Waals surface area contributed by atoms with Gasteiger partial charge in [0, 0.05) is 26.4 Å². The molecule has 0 unspecified atom stereocenters. The molecule has 3 rings (SSSR count). The summed E-state index contributed by atoms with van der Waals surface area (Å²) in [6.07, 6.45) is 0. The summed E-state index contributed by atoms with van der Waals surface area (Å²) in [6, 6.07) is 15.9. The van der Waals surface area contributed by atoms with Crippen molar-refractivity contribution in [3.05, 3.63) is 70.9 Å². The number of methoxy groups -OCH3 is 1. The van der Waals surface area contributed by atoms with Gasteiger partial charge in [0.15, 0.2) is 0 Å². The van der Waals surface area contributed by atoms with Crippen molar-refractivity contribution in [3.8, 4) is 21.6 Å². The van der Waals surface area contributed by atoms with Gasteiger partial charge < -0.3 is 4.74 Å². The summed E-state index contributed by atoms with van der Waals surface area (Å²) in [4.78, 5) is 14.0. The van der Waals surface area contributed by atoms with E-state index in [9.17, 15) is 9.18 Å². The SMILES string of the molecule is COC(=O)c1ccccc1-c1sc(C)cc1-c1ccccc1F. The normalized spacial score (nSPS) is 10.6. The number of rotatable bonds is 3. The zero-order valence-corrected chi connectivity index (χ0v) is 13.6. The van der Waals surface area contributed by atoms with Gasteiger partial charge in [0.05, 0.1) is 12.7 Å². The molecule has 0 radical (unpaired) electrons. The van der Waals surface area contributed by atoms with Gasteiger partial charge in [-0.2, -0.15) is 0 Å². The van der Waals surface area contributed by atoms with E-state index in [4.69, 9.17) is 4.74 Å². The highest BCUT2D eigenvalue weighted by atomic mass is 32.1. The van der Waals surface area contributed by atoms with Crippen molar-refractivity contribution in [1.82, 2.24) is 0 Å². The van der Waals surface area contributed by atoms with Crippen molar-refractivity contribution in [2.45, 2.75) is 6.92 Å². The second kappa shape index (κ2) is 6.34. The fourth-order valence-electron chi connectivity index (χ4n) is 2.56. The number of aryl methyl sites for hydroxylation is 1. The van der Waals surface area contributed by atoms with Gasteiger partial charge in [0.2, 0.25) is 0 Å². The molecule has 0 atom stereocenters.